The van der Waals surface area contributed by atoms with Crippen molar-refractivity contribution in [1.82, 2.24) is 0 Å². The molecule has 0 amide bonds. The second-order valence-electron chi connectivity index (χ2n) is 7.21. The van der Waals surface area contributed by atoms with Gasteiger partial charge in [-0.2, -0.15) is 0 Å². The molecule has 37 heavy (non-hydrogen) atoms. The van der Waals surface area contributed by atoms with Gasteiger partial charge in [0.15, 0.2) is 0 Å². The van der Waals surface area contributed by atoms with Gasteiger partial charge >= 0.3 is 16.5 Å². The summed E-state index contributed by atoms with van der Waals surface area (Å²) in [6.07, 6.45) is 0. The van der Waals surface area contributed by atoms with Gasteiger partial charge < -0.3 is 23.3 Å². The molecule has 0 unspecified atom stereocenters. The number of rotatable bonds is 8. The maximum absolute atomic E-state index is 12.1. The first-order chi connectivity index (χ1) is 17.5. The average molecular weight is 605 g/mol. The average Bonchev–Trinajstić information content (AvgIpc) is 2.96. The van der Waals surface area contributed by atoms with Crippen LogP contribution in [0.1, 0.15) is 41.4 Å². The van der Waals surface area contributed by atoms with Crippen LogP contribution >= 0.6 is 21.6 Å². The summed E-state index contributed by atoms with van der Waals surface area (Å²) in [6, 6.07) is 30.8. The molecule has 0 fully saturated rings. The second-order valence-corrected chi connectivity index (χ2v) is 9.42. The Morgan fingerprint density at radius 1 is 0.432 bits per heavy atom. The molecule has 0 aliphatic rings. The van der Waals surface area contributed by atoms with Crippen LogP contribution in [0.3, 0.4) is 0 Å². The van der Waals surface area contributed by atoms with E-state index in [2.05, 4.69) is 0 Å². The molecule has 9 heteroatoms. The summed E-state index contributed by atoms with van der Waals surface area (Å²) in [5.74, 6) is -2.05. The first kappa shape index (κ1) is 30.7. The topological polar surface area (TPSA) is 68.3 Å². The summed E-state index contributed by atoms with van der Waals surface area (Å²) >= 11 is 9.76. The van der Waals surface area contributed by atoms with Gasteiger partial charge in [0.25, 0.3) is 0 Å². The third-order valence-electron chi connectivity index (χ3n) is 4.93. The summed E-state index contributed by atoms with van der Waals surface area (Å²) in [6.45, 7) is 0. The van der Waals surface area contributed by atoms with Gasteiger partial charge in [0.1, 0.15) is 0 Å². The van der Waals surface area contributed by atoms with E-state index >= 15 is 0 Å². The molecule has 0 aliphatic heterocycles. The number of hydrogen-bond acceptors (Lipinski definition) is 8. The number of benzene rings is 4. The molecule has 0 aromatic heterocycles. The third kappa shape index (κ3) is 8.22. The van der Waals surface area contributed by atoms with Gasteiger partial charge in [0.2, 0.25) is 23.1 Å². The van der Waals surface area contributed by atoms with Crippen LogP contribution in [0.25, 0.3) is 0 Å². The number of carbonyl (C=O) groups is 4. The Kier molecular flexibility index (Phi) is 13.0. The molecule has 0 bridgehead atoms. The van der Waals surface area contributed by atoms with Gasteiger partial charge in [-0.25, -0.2) is 0 Å². The van der Waals surface area contributed by atoms with Crippen LogP contribution in [-0.4, -0.2) is 23.1 Å². The third-order valence-corrected chi connectivity index (χ3v) is 7.08. The first-order valence-corrected chi connectivity index (χ1v) is 14.0. The van der Waals surface area contributed by atoms with Crippen LogP contribution in [0.2, 0.25) is 0 Å². The molecule has 4 aromatic carbocycles. The fourth-order valence-electron chi connectivity index (χ4n) is 3.14. The van der Waals surface area contributed by atoms with Gasteiger partial charge in [-0.3, -0.25) is 40.8 Å². The summed E-state index contributed by atoms with van der Waals surface area (Å²) in [5, 5.41) is 0. The van der Waals surface area contributed by atoms with E-state index in [1.165, 1.54) is 0 Å². The quantitative estimate of drug-likeness (QED) is 0.0731. The summed E-state index contributed by atoms with van der Waals surface area (Å²) in [4.78, 5) is 49.6. The van der Waals surface area contributed by atoms with Crippen LogP contribution in [0.5, 0.6) is 0 Å². The summed E-state index contributed by atoms with van der Waals surface area (Å²) in [7, 11) is 2.09. The molecule has 188 valence electrons. The molecule has 0 atom stereocenters. The van der Waals surface area contributed by atoms with E-state index in [9.17, 15) is 19.2 Å². The number of carbonyl (C=O) groups excluding carboxylic acids is 4. The standard InChI is InChI=1S/2C14H10O2S2.Ni/c2*15-13(10-6-2-1-3-7-10)14(16)11-8-4-5-9-12(11)18-17;/h2*1-9,17H;/q;;+2/p-2. The van der Waals surface area contributed by atoms with Gasteiger partial charge in [0, 0.05) is 22.3 Å². The predicted octanol–water partition coefficient (Wildman–Crippen LogP) is 6.61. The SMILES string of the molecule is O=C(C(=O)c1ccccc1S[S-])c1ccccc1.O=C(C(=O)c1ccccc1S[S-])c1ccccc1.[Ni+2]. The zero-order chi connectivity index (χ0) is 25.9. The van der Waals surface area contributed by atoms with Crippen molar-refractivity contribution in [1.29, 1.82) is 0 Å². The van der Waals surface area contributed by atoms with Gasteiger partial charge in [0.05, 0.1) is 0 Å². The smallest absolute Gasteiger partial charge is 0.714 e. The molecule has 0 saturated heterocycles. The molecule has 0 N–H and O–H groups in total. The van der Waals surface area contributed by atoms with Crippen LogP contribution in [0.4, 0.5) is 0 Å². The van der Waals surface area contributed by atoms with E-state index in [1.54, 1.807) is 109 Å². The molecule has 0 saturated carbocycles. The molecule has 0 aliphatic carbocycles. The zero-order valence-corrected chi connectivity index (χ0v) is 23.2. The van der Waals surface area contributed by atoms with Crippen LogP contribution in [0.15, 0.2) is 119 Å². The van der Waals surface area contributed by atoms with Crippen molar-refractivity contribution in [2.45, 2.75) is 9.79 Å². The maximum Gasteiger partial charge on any atom is 2.00 e. The zero-order valence-electron chi connectivity index (χ0n) is 19.0. The Morgan fingerprint density at radius 2 is 0.730 bits per heavy atom. The minimum Gasteiger partial charge on any atom is -0.714 e. The van der Waals surface area contributed by atoms with Crippen molar-refractivity contribution in [2.24, 2.45) is 0 Å². The molecule has 4 aromatic rings. The Balaban J connectivity index is 0.000000253. The Labute approximate surface area is 243 Å². The molecule has 0 heterocycles. The maximum atomic E-state index is 12.1. The number of Topliss-reactive ketones (excluding diaryl/α,β-unsaturated/α-hetero) is 4. The normalized spacial score (nSPS) is 9.78. The van der Waals surface area contributed by atoms with Gasteiger partial charge in [-0.15, -0.1) is 0 Å². The largest absolute Gasteiger partial charge is 2.00 e. The van der Waals surface area contributed by atoms with E-state index < -0.39 is 23.1 Å². The first-order valence-electron chi connectivity index (χ1n) is 10.5. The van der Waals surface area contributed by atoms with Crippen LogP contribution in [-0.2, 0) is 39.8 Å². The van der Waals surface area contributed by atoms with E-state index in [0.29, 0.717) is 32.0 Å². The number of ketones is 4. The molecular weight excluding hydrogens is 587 g/mol. The van der Waals surface area contributed by atoms with Crippen molar-refractivity contribution in [3.63, 3.8) is 0 Å². The minimum absolute atomic E-state index is 0. The van der Waals surface area contributed by atoms with E-state index in [-0.39, 0.29) is 16.5 Å². The van der Waals surface area contributed by atoms with Crippen molar-refractivity contribution in [3.05, 3.63) is 131 Å². The van der Waals surface area contributed by atoms with E-state index in [1.807, 2.05) is 0 Å². The molecule has 0 radical (unpaired) electrons. The Morgan fingerprint density at radius 3 is 1.05 bits per heavy atom. The molecule has 4 nitrogen and oxygen atoms in total. The van der Waals surface area contributed by atoms with E-state index in [0.717, 1.165) is 21.6 Å². The van der Waals surface area contributed by atoms with Crippen LogP contribution < -0.4 is 0 Å². The Hall–Kier alpha value is -2.55. The van der Waals surface area contributed by atoms with E-state index in [4.69, 9.17) is 23.3 Å². The monoisotopic (exact) mass is 604 g/mol. The van der Waals surface area contributed by atoms with Crippen molar-refractivity contribution >= 4 is 68.0 Å². The van der Waals surface area contributed by atoms with Crippen molar-refractivity contribution < 1.29 is 35.7 Å². The predicted molar refractivity (Wildman–Crippen MR) is 150 cm³/mol. The molecule has 4 rings (SSSR count). The fourth-order valence-corrected chi connectivity index (χ4v) is 4.78. The van der Waals surface area contributed by atoms with Gasteiger partial charge in [-0.05, 0) is 34.1 Å². The summed E-state index contributed by atoms with van der Waals surface area (Å²) < 4.78 is 0. The Bertz CT molecular complexity index is 1270. The van der Waals surface area contributed by atoms with Gasteiger partial charge in [-0.1, -0.05) is 84.9 Å². The molecular formula is C28H18NiO4S4. The second kappa shape index (κ2) is 15.6. The van der Waals surface area contributed by atoms with Crippen molar-refractivity contribution in [2.75, 3.05) is 0 Å². The molecule has 0 spiro atoms. The van der Waals surface area contributed by atoms with Crippen LogP contribution in [0, 0.1) is 0 Å². The minimum atomic E-state index is -0.519. The number of hydrogen-bond donors (Lipinski definition) is 0. The van der Waals surface area contributed by atoms with Crippen molar-refractivity contribution in [3.8, 4) is 0 Å². The summed E-state index contributed by atoms with van der Waals surface area (Å²) in [5.41, 5.74) is 1.52. The fraction of sp³-hybridized carbons (Fsp3) is 0.